The number of fused-ring (bicyclic) bond motifs is 1. The number of benzene rings is 1. The van der Waals surface area contributed by atoms with Crippen molar-refractivity contribution in [2.24, 2.45) is 12.0 Å². The Morgan fingerprint density at radius 1 is 1.26 bits per heavy atom. The summed E-state index contributed by atoms with van der Waals surface area (Å²) < 4.78 is 47.9. The van der Waals surface area contributed by atoms with E-state index in [2.05, 4.69) is 30.6 Å². The lowest BCUT2D eigenvalue weighted by molar-refractivity contribution is -0.0505. The van der Waals surface area contributed by atoms with Crippen LogP contribution in [0.2, 0.25) is 0 Å². The zero-order chi connectivity index (χ0) is 22.2. The smallest absolute Gasteiger partial charge is 0.387 e. The lowest BCUT2D eigenvalue weighted by Crippen LogP contribution is -2.38. The Hall–Kier alpha value is -3.15. The van der Waals surface area contributed by atoms with Gasteiger partial charge in [0.1, 0.15) is 11.6 Å². The monoisotopic (exact) mass is 440 g/mol. The second kappa shape index (κ2) is 10.8. The van der Waals surface area contributed by atoms with Crippen LogP contribution >= 0.6 is 0 Å². The second-order valence-corrected chi connectivity index (χ2v) is 6.71. The molecule has 0 bridgehead atoms. The summed E-state index contributed by atoms with van der Waals surface area (Å²) in [6.45, 7) is 0.591. The summed E-state index contributed by atoms with van der Waals surface area (Å²) >= 11 is 0. The van der Waals surface area contributed by atoms with Gasteiger partial charge in [-0.05, 0) is 19.4 Å². The first-order valence-corrected chi connectivity index (χ1v) is 9.71. The van der Waals surface area contributed by atoms with Gasteiger partial charge in [0.2, 0.25) is 6.79 Å². The molecule has 0 atom stereocenters. The predicted octanol–water partition coefficient (Wildman–Crippen LogP) is 1.73. The van der Waals surface area contributed by atoms with Crippen molar-refractivity contribution in [2.75, 3.05) is 27.1 Å². The number of hydrogen-bond acceptors (Lipinski definition) is 7. The molecule has 1 aromatic carbocycles. The first kappa shape index (κ1) is 22.5. The maximum Gasteiger partial charge on any atom is 0.387 e. The summed E-state index contributed by atoms with van der Waals surface area (Å²) in [6.07, 6.45) is 0.768. The number of methoxy groups -OCH3 is 1. The molecule has 0 saturated heterocycles. The first-order valence-electron chi connectivity index (χ1n) is 9.71. The molecule has 0 unspecified atom stereocenters. The lowest BCUT2D eigenvalue weighted by atomic mass is 10.1. The number of aryl methyl sites for hydroxylation is 1. The molecule has 0 fully saturated rings. The maximum absolute atomic E-state index is 12.9. The van der Waals surface area contributed by atoms with Crippen molar-refractivity contribution in [1.29, 1.82) is 0 Å². The summed E-state index contributed by atoms with van der Waals surface area (Å²) in [4.78, 5) is 4.51. The van der Waals surface area contributed by atoms with Crippen LogP contribution in [0, 0.1) is 6.92 Å². The SMILES string of the molecule is COCCCNC(=NCc1cc2c(cc1OC(F)F)OCO2)NCc1nnc(C)n1C. The average molecular weight is 440 g/mol. The largest absolute Gasteiger partial charge is 0.454 e. The summed E-state index contributed by atoms with van der Waals surface area (Å²) in [5.74, 6) is 2.82. The Balaban J connectivity index is 1.74. The zero-order valence-electron chi connectivity index (χ0n) is 17.7. The molecule has 1 aliphatic heterocycles. The molecule has 0 radical (unpaired) electrons. The van der Waals surface area contributed by atoms with E-state index in [0.29, 0.717) is 42.7 Å². The van der Waals surface area contributed by atoms with E-state index in [-0.39, 0.29) is 19.1 Å². The van der Waals surface area contributed by atoms with E-state index in [0.717, 1.165) is 18.1 Å². The van der Waals surface area contributed by atoms with Crippen molar-refractivity contribution in [3.63, 3.8) is 0 Å². The molecule has 10 nitrogen and oxygen atoms in total. The molecule has 0 saturated carbocycles. The van der Waals surface area contributed by atoms with Gasteiger partial charge < -0.3 is 34.1 Å². The van der Waals surface area contributed by atoms with Gasteiger partial charge in [0, 0.05) is 38.9 Å². The van der Waals surface area contributed by atoms with E-state index in [4.69, 9.17) is 14.2 Å². The van der Waals surface area contributed by atoms with Crippen LogP contribution in [-0.4, -0.2) is 54.4 Å². The highest BCUT2D eigenvalue weighted by Gasteiger charge is 2.20. The molecule has 3 rings (SSSR count). The number of alkyl halides is 2. The van der Waals surface area contributed by atoms with Gasteiger partial charge in [-0.2, -0.15) is 8.78 Å². The van der Waals surface area contributed by atoms with Gasteiger partial charge in [0.15, 0.2) is 23.3 Å². The molecule has 31 heavy (non-hydrogen) atoms. The van der Waals surface area contributed by atoms with Crippen molar-refractivity contribution in [3.05, 3.63) is 29.3 Å². The molecule has 0 amide bonds. The molecule has 2 N–H and O–H groups in total. The van der Waals surface area contributed by atoms with Crippen molar-refractivity contribution in [1.82, 2.24) is 25.4 Å². The average Bonchev–Trinajstić information content (AvgIpc) is 3.32. The van der Waals surface area contributed by atoms with Gasteiger partial charge >= 0.3 is 6.61 Å². The fraction of sp³-hybridized carbons (Fsp3) is 0.526. The van der Waals surface area contributed by atoms with Gasteiger partial charge in [-0.1, -0.05) is 0 Å². The number of nitrogens with one attached hydrogen (secondary N) is 2. The minimum absolute atomic E-state index is 0.00865. The summed E-state index contributed by atoms with van der Waals surface area (Å²) in [5, 5.41) is 14.5. The summed E-state index contributed by atoms with van der Waals surface area (Å²) in [7, 11) is 3.50. The number of aromatic nitrogens is 3. The van der Waals surface area contributed by atoms with Crippen molar-refractivity contribution >= 4 is 5.96 Å². The molecule has 1 aliphatic rings. The third-order valence-corrected chi connectivity index (χ3v) is 4.59. The van der Waals surface area contributed by atoms with Crippen LogP contribution in [0.25, 0.3) is 0 Å². The highest BCUT2D eigenvalue weighted by Crippen LogP contribution is 2.39. The van der Waals surface area contributed by atoms with E-state index in [1.807, 2.05) is 18.5 Å². The third-order valence-electron chi connectivity index (χ3n) is 4.59. The van der Waals surface area contributed by atoms with Crippen LogP contribution in [-0.2, 0) is 24.9 Å². The third kappa shape index (κ3) is 6.17. The highest BCUT2D eigenvalue weighted by atomic mass is 19.3. The zero-order valence-corrected chi connectivity index (χ0v) is 17.7. The number of aliphatic imine (C=N–C) groups is 1. The molecule has 2 aromatic rings. The van der Waals surface area contributed by atoms with Crippen molar-refractivity contribution < 1.29 is 27.7 Å². The standard InChI is InChI=1S/C19H26F2N6O4/c1-12-25-26-17(27(12)2)10-24-19(22-5-4-6-28-3)23-9-13-7-15-16(30-11-29-15)8-14(13)31-18(20)21/h7-8,18H,4-6,9-11H2,1-3H3,(H2,22,23,24). The van der Waals surface area contributed by atoms with Gasteiger partial charge in [0.05, 0.1) is 13.1 Å². The Morgan fingerprint density at radius 3 is 2.71 bits per heavy atom. The van der Waals surface area contributed by atoms with Gasteiger partial charge in [-0.25, -0.2) is 4.99 Å². The molecule has 1 aromatic heterocycles. The quantitative estimate of drug-likeness (QED) is 0.327. The predicted molar refractivity (Wildman–Crippen MR) is 107 cm³/mol. The van der Waals surface area contributed by atoms with E-state index >= 15 is 0 Å². The normalized spacial score (nSPS) is 13.0. The molecule has 0 spiro atoms. The first-order chi connectivity index (χ1) is 15.0. The van der Waals surface area contributed by atoms with E-state index in [9.17, 15) is 8.78 Å². The topological polar surface area (TPSA) is 104 Å². The van der Waals surface area contributed by atoms with Crippen molar-refractivity contribution in [2.45, 2.75) is 33.0 Å². The molecular weight excluding hydrogens is 414 g/mol. The number of halogens is 2. The van der Waals surface area contributed by atoms with Crippen LogP contribution in [0.3, 0.4) is 0 Å². The maximum atomic E-state index is 12.9. The van der Waals surface area contributed by atoms with Crippen LogP contribution in [0.4, 0.5) is 8.78 Å². The molecular formula is C19H26F2N6O4. The molecule has 170 valence electrons. The Morgan fingerprint density at radius 2 is 2.03 bits per heavy atom. The van der Waals surface area contributed by atoms with E-state index < -0.39 is 6.61 Å². The fourth-order valence-corrected chi connectivity index (χ4v) is 2.82. The van der Waals surface area contributed by atoms with Gasteiger partial charge in [-0.15, -0.1) is 10.2 Å². The molecule has 2 heterocycles. The Labute approximate surface area is 178 Å². The fourth-order valence-electron chi connectivity index (χ4n) is 2.82. The van der Waals surface area contributed by atoms with Gasteiger partial charge in [-0.3, -0.25) is 0 Å². The van der Waals surface area contributed by atoms with Crippen LogP contribution in [0.15, 0.2) is 17.1 Å². The second-order valence-electron chi connectivity index (χ2n) is 6.71. The van der Waals surface area contributed by atoms with Crippen LogP contribution in [0.5, 0.6) is 17.2 Å². The molecule has 12 heteroatoms. The van der Waals surface area contributed by atoms with E-state index in [1.54, 1.807) is 13.2 Å². The lowest BCUT2D eigenvalue weighted by Gasteiger charge is -2.14. The number of guanidine groups is 1. The van der Waals surface area contributed by atoms with Gasteiger partial charge in [0.25, 0.3) is 0 Å². The van der Waals surface area contributed by atoms with Crippen LogP contribution in [0.1, 0.15) is 23.6 Å². The van der Waals surface area contributed by atoms with Crippen LogP contribution < -0.4 is 24.8 Å². The Bertz CT molecular complexity index is 906. The summed E-state index contributed by atoms with van der Waals surface area (Å²) in [6, 6.07) is 2.99. The number of nitrogens with zero attached hydrogens (tertiary/aromatic N) is 4. The highest BCUT2D eigenvalue weighted by molar-refractivity contribution is 5.79. The van der Waals surface area contributed by atoms with E-state index in [1.165, 1.54) is 6.07 Å². The van der Waals surface area contributed by atoms with Crippen molar-refractivity contribution in [3.8, 4) is 17.2 Å². The minimum atomic E-state index is -2.97. The molecule has 0 aliphatic carbocycles. The summed E-state index contributed by atoms with van der Waals surface area (Å²) in [5.41, 5.74) is 0.442. The number of rotatable bonds is 10. The number of ether oxygens (including phenoxy) is 4. The Kier molecular flexibility index (Phi) is 7.82. The number of hydrogen-bond donors (Lipinski definition) is 2. The minimum Gasteiger partial charge on any atom is -0.454 e.